The molecule has 0 saturated heterocycles. The van der Waals surface area contributed by atoms with Gasteiger partial charge in [-0.2, -0.15) is 0 Å². The van der Waals surface area contributed by atoms with Crippen molar-refractivity contribution in [2.45, 2.75) is 85.7 Å². The molecule has 0 aromatic carbocycles. The highest BCUT2D eigenvalue weighted by molar-refractivity contribution is 5.96. The summed E-state index contributed by atoms with van der Waals surface area (Å²) >= 11 is 0. The number of carboxylic acid groups (broad SMARTS) is 1. The van der Waals surface area contributed by atoms with E-state index in [0.717, 1.165) is 30.5 Å². The van der Waals surface area contributed by atoms with Gasteiger partial charge >= 0.3 is 5.97 Å². The van der Waals surface area contributed by atoms with Crippen LogP contribution < -0.4 is 10.9 Å². The Kier molecular flexibility index (Phi) is 7.07. The van der Waals surface area contributed by atoms with E-state index < -0.39 is 23.3 Å². The molecule has 1 heterocycles. The normalized spacial score (nSPS) is 16.6. The van der Waals surface area contributed by atoms with Crippen LogP contribution in [0.5, 0.6) is 0 Å². The van der Waals surface area contributed by atoms with Crippen molar-refractivity contribution in [3.63, 3.8) is 0 Å². The number of carboxylic acids is 1. The molecule has 1 unspecified atom stereocenters. The lowest BCUT2D eigenvalue weighted by molar-refractivity contribution is -0.142. The largest absolute Gasteiger partial charge is 0.480 e. The zero-order valence-electron chi connectivity index (χ0n) is 17.8. The number of carbonyl (C=O) groups is 2. The van der Waals surface area contributed by atoms with Crippen molar-refractivity contribution in [2.75, 3.05) is 0 Å². The molecule has 6 heteroatoms. The van der Waals surface area contributed by atoms with Gasteiger partial charge in [0, 0.05) is 12.2 Å². The fourth-order valence-electron chi connectivity index (χ4n) is 4.15. The molecule has 1 aromatic rings. The molecular formula is C22H34N2O4. The zero-order chi connectivity index (χ0) is 21.1. The number of pyridine rings is 1. The average molecular weight is 391 g/mol. The van der Waals surface area contributed by atoms with Crippen molar-refractivity contribution in [3.8, 4) is 0 Å². The number of hydrogen-bond acceptors (Lipinski definition) is 3. The van der Waals surface area contributed by atoms with Crippen LogP contribution in [0.2, 0.25) is 0 Å². The van der Waals surface area contributed by atoms with Crippen molar-refractivity contribution in [1.29, 1.82) is 0 Å². The van der Waals surface area contributed by atoms with E-state index in [0.29, 0.717) is 12.5 Å². The number of nitrogens with zero attached hydrogens (tertiary/aromatic N) is 1. The Hall–Kier alpha value is -2.11. The van der Waals surface area contributed by atoms with Gasteiger partial charge in [-0.1, -0.05) is 47.0 Å². The summed E-state index contributed by atoms with van der Waals surface area (Å²) in [6.45, 7) is 9.80. The maximum absolute atomic E-state index is 13.2. The molecule has 28 heavy (non-hydrogen) atoms. The minimum atomic E-state index is -1.11. The van der Waals surface area contributed by atoms with Gasteiger partial charge in [0.2, 0.25) is 0 Å². The first-order chi connectivity index (χ1) is 13.1. The molecule has 1 atom stereocenters. The number of rotatable bonds is 6. The summed E-state index contributed by atoms with van der Waals surface area (Å²) in [7, 11) is 0. The highest BCUT2D eigenvalue weighted by Gasteiger charge is 2.33. The minimum absolute atomic E-state index is 0.0287. The maximum Gasteiger partial charge on any atom is 0.326 e. The van der Waals surface area contributed by atoms with Crippen molar-refractivity contribution < 1.29 is 14.7 Å². The molecule has 1 fully saturated rings. The number of aryl methyl sites for hydroxylation is 1. The third kappa shape index (κ3) is 5.03. The van der Waals surface area contributed by atoms with Crippen LogP contribution in [0.3, 0.4) is 0 Å². The van der Waals surface area contributed by atoms with Gasteiger partial charge in [-0.3, -0.25) is 9.59 Å². The van der Waals surface area contributed by atoms with Crippen molar-refractivity contribution >= 4 is 11.9 Å². The lowest BCUT2D eigenvalue weighted by atomic mass is 9.86. The molecule has 6 nitrogen and oxygen atoms in total. The van der Waals surface area contributed by atoms with Crippen LogP contribution in [-0.2, 0) is 17.8 Å². The molecule has 1 amide bonds. The van der Waals surface area contributed by atoms with Gasteiger partial charge in [-0.15, -0.1) is 0 Å². The second-order valence-corrected chi connectivity index (χ2v) is 9.07. The Morgan fingerprint density at radius 1 is 1.25 bits per heavy atom. The van der Waals surface area contributed by atoms with Gasteiger partial charge in [0.25, 0.3) is 11.5 Å². The van der Waals surface area contributed by atoms with Crippen molar-refractivity contribution in [2.24, 2.45) is 11.3 Å². The Morgan fingerprint density at radius 2 is 1.86 bits per heavy atom. The van der Waals surface area contributed by atoms with Crippen LogP contribution in [0.25, 0.3) is 0 Å². The Bertz CT molecular complexity index is 783. The molecule has 1 aliphatic carbocycles. The summed E-state index contributed by atoms with van der Waals surface area (Å²) in [6.07, 6.45) is 6.55. The van der Waals surface area contributed by atoms with Crippen LogP contribution >= 0.6 is 0 Å². The topological polar surface area (TPSA) is 88.4 Å². The van der Waals surface area contributed by atoms with Crippen LogP contribution in [0.1, 0.15) is 81.4 Å². The number of nitrogens with one attached hydrogen (secondary N) is 1. The first-order valence-corrected chi connectivity index (χ1v) is 10.3. The second-order valence-electron chi connectivity index (χ2n) is 9.07. The summed E-state index contributed by atoms with van der Waals surface area (Å²) in [5.41, 5.74) is 0.897. The average Bonchev–Trinajstić information content (AvgIpc) is 2.62. The first kappa shape index (κ1) is 22.2. The van der Waals surface area contributed by atoms with Crippen LogP contribution in [0.4, 0.5) is 0 Å². The van der Waals surface area contributed by atoms with Gasteiger partial charge in [0.05, 0.1) is 0 Å². The summed E-state index contributed by atoms with van der Waals surface area (Å²) in [5.74, 6) is -1.27. The van der Waals surface area contributed by atoms with E-state index in [1.54, 1.807) is 31.4 Å². The summed E-state index contributed by atoms with van der Waals surface area (Å²) in [6, 6.07) is 0.535. The molecule has 0 radical (unpaired) electrons. The molecule has 156 valence electrons. The van der Waals surface area contributed by atoms with Gasteiger partial charge in [0.15, 0.2) is 0 Å². The number of carbonyl (C=O) groups excluding carboxylic acids is 1. The molecule has 0 spiro atoms. The van der Waals surface area contributed by atoms with E-state index in [9.17, 15) is 19.5 Å². The van der Waals surface area contributed by atoms with Crippen LogP contribution in [0, 0.1) is 18.3 Å². The molecule has 2 N–H and O–H groups in total. The number of amides is 1. The number of hydrogen-bond donors (Lipinski definition) is 2. The van der Waals surface area contributed by atoms with Crippen LogP contribution in [-0.4, -0.2) is 27.6 Å². The lowest BCUT2D eigenvalue weighted by Gasteiger charge is -2.28. The summed E-state index contributed by atoms with van der Waals surface area (Å²) < 4.78 is 1.76. The van der Waals surface area contributed by atoms with Crippen molar-refractivity contribution in [3.05, 3.63) is 33.2 Å². The zero-order valence-corrected chi connectivity index (χ0v) is 17.8. The molecule has 2 rings (SSSR count). The Labute approximate surface area is 167 Å². The molecule has 0 bridgehead atoms. The fourth-order valence-corrected chi connectivity index (χ4v) is 4.15. The quantitative estimate of drug-likeness (QED) is 0.778. The highest BCUT2D eigenvalue weighted by Crippen LogP contribution is 2.26. The SMILES string of the molecule is CCc1c(C)cc(C(=O)NC(C(=O)O)C(C)(C)C)c(=O)n1CC1CCCCC1. The standard InChI is InChI=1S/C22H34N2O4/c1-6-17-14(2)12-16(19(25)23-18(21(27)28)22(3,4)5)20(26)24(17)13-15-10-8-7-9-11-15/h12,15,18H,6-11,13H2,1-5H3,(H,23,25)(H,27,28). The highest BCUT2D eigenvalue weighted by atomic mass is 16.4. The van der Waals surface area contributed by atoms with E-state index >= 15 is 0 Å². The summed E-state index contributed by atoms with van der Waals surface area (Å²) in [4.78, 5) is 37.6. The van der Waals surface area contributed by atoms with E-state index in [1.807, 2.05) is 13.8 Å². The fraction of sp³-hybridized carbons (Fsp3) is 0.682. The van der Waals surface area contributed by atoms with Gasteiger partial charge < -0.3 is 15.0 Å². The third-order valence-corrected chi connectivity index (χ3v) is 5.75. The van der Waals surface area contributed by atoms with E-state index in [4.69, 9.17) is 0 Å². The smallest absolute Gasteiger partial charge is 0.326 e. The Balaban J connectivity index is 2.40. The maximum atomic E-state index is 13.2. The van der Waals surface area contributed by atoms with E-state index in [1.165, 1.54) is 19.3 Å². The van der Waals surface area contributed by atoms with Gasteiger partial charge in [-0.25, -0.2) is 4.79 Å². The predicted molar refractivity (Wildman–Crippen MR) is 110 cm³/mol. The van der Waals surface area contributed by atoms with E-state index in [-0.39, 0.29) is 11.1 Å². The molecule has 1 aliphatic rings. The molecular weight excluding hydrogens is 356 g/mol. The van der Waals surface area contributed by atoms with Crippen LogP contribution in [0.15, 0.2) is 10.9 Å². The third-order valence-electron chi connectivity index (χ3n) is 5.75. The Morgan fingerprint density at radius 3 is 2.36 bits per heavy atom. The van der Waals surface area contributed by atoms with E-state index in [2.05, 4.69) is 5.32 Å². The summed E-state index contributed by atoms with van der Waals surface area (Å²) in [5, 5.41) is 12.0. The lowest BCUT2D eigenvalue weighted by Crippen LogP contribution is -2.50. The van der Waals surface area contributed by atoms with Crippen molar-refractivity contribution in [1.82, 2.24) is 9.88 Å². The van der Waals surface area contributed by atoms with Gasteiger partial charge in [0.1, 0.15) is 11.6 Å². The second kappa shape index (κ2) is 8.93. The first-order valence-electron chi connectivity index (χ1n) is 10.3. The van der Waals surface area contributed by atoms with Gasteiger partial charge in [-0.05, 0) is 49.1 Å². The number of aliphatic carboxylic acids is 1. The predicted octanol–water partition coefficient (Wildman–Crippen LogP) is 3.53. The minimum Gasteiger partial charge on any atom is -0.480 e. The molecule has 1 saturated carbocycles. The monoisotopic (exact) mass is 390 g/mol. The number of aromatic nitrogens is 1. The molecule has 1 aromatic heterocycles. The molecule has 0 aliphatic heterocycles.